The molecule has 1 fully saturated rings. The Bertz CT molecular complexity index is 745. The number of thioether (sulfide) groups is 1. The van der Waals surface area contributed by atoms with Gasteiger partial charge in [0.15, 0.2) is 11.5 Å². The summed E-state index contributed by atoms with van der Waals surface area (Å²) in [6.45, 7) is 6.28. The van der Waals surface area contributed by atoms with Gasteiger partial charge in [-0.3, -0.25) is 19.3 Å². The molecule has 140 valence electrons. The molecule has 3 amide bonds. The number of benzene rings is 1. The first-order valence-corrected chi connectivity index (χ1v) is 9.11. The summed E-state index contributed by atoms with van der Waals surface area (Å²) in [5.74, 6) is -0.300. The number of rotatable bonds is 7. The zero-order valence-electron chi connectivity index (χ0n) is 14.9. The molecule has 0 atom stereocenters. The summed E-state index contributed by atoms with van der Waals surface area (Å²) in [6, 6.07) is 4.66. The van der Waals surface area contributed by atoms with E-state index in [9.17, 15) is 19.5 Å². The molecule has 8 heteroatoms. The van der Waals surface area contributed by atoms with Gasteiger partial charge < -0.3 is 15.2 Å². The number of phenols is 1. The number of hydrogen-bond donors (Lipinski definition) is 2. The van der Waals surface area contributed by atoms with Crippen molar-refractivity contribution in [2.75, 3.05) is 19.7 Å². The van der Waals surface area contributed by atoms with Crippen LogP contribution in [0.15, 0.2) is 23.1 Å². The van der Waals surface area contributed by atoms with E-state index in [1.54, 1.807) is 25.1 Å². The van der Waals surface area contributed by atoms with Gasteiger partial charge in [0.1, 0.15) is 6.54 Å². The predicted molar refractivity (Wildman–Crippen MR) is 99.8 cm³/mol. The largest absolute Gasteiger partial charge is 0.504 e. The van der Waals surface area contributed by atoms with Gasteiger partial charge in [-0.25, -0.2) is 0 Å². The van der Waals surface area contributed by atoms with Crippen LogP contribution in [-0.2, 0) is 9.59 Å². The van der Waals surface area contributed by atoms with Crippen molar-refractivity contribution in [3.05, 3.63) is 28.7 Å². The lowest BCUT2D eigenvalue weighted by atomic mass is 10.2. The van der Waals surface area contributed by atoms with Crippen LogP contribution in [-0.4, -0.2) is 46.8 Å². The van der Waals surface area contributed by atoms with Crippen molar-refractivity contribution in [3.63, 3.8) is 0 Å². The Balaban J connectivity index is 2.11. The molecular weight excluding hydrogens is 356 g/mol. The molecule has 2 rings (SSSR count). The third kappa shape index (κ3) is 5.01. The number of imide groups is 1. The minimum atomic E-state index is -0.509. The maximum absolute atomic E-state index is 12.4. The zero-order valence-corrected chi connectivity index (χ0v) is 15.8. The minimum absolute atomic E-state index is 0.000993. The van der Waals surface area contributed by atoms with Crippen LogP contribution in [0.1, 0.15) is 26.3 Å². The van der Waals surface area contributed by atoms with Crippen LogP contribution in [0, 0.1) is 5.92 Å². The second-order valence-corrected chi connectivity index (χ2v) is 7.12. The van der Waals surface area contributed by atoms with E-state index in [1.807, 2.05) is 13.8 Å². The van der Waals surface area contributed by atoms with E-state index < -0.39 is 11.1 Å². The zero-order chi connectivity index (χ0) is 19.3. The normalized spacial score (nSPS) is 15.8. The highest BCUT2D eigenvalue weighted by atomic mass is 32.2. The van der Waals surface area contributed by atoms with Crippen LogP contribution in [0.2, 0.25) is 0 Å². The fourth-order valence-electron chi connectivity index (χ4n) is 2.20. The molecule has 26 heavy (non-hydrogen) atoms. The van der Waals surface area contributed by atoms with Crippen molar-refractivity contribution in [3.8, 4) is 11.5 Å². The molecule has 1 saturated heterocycles. The van der Waals surface area contributed by atoms with Gasteiger partial charge in [-0.05, 0) is 48.4 Å². The monoisotopic (exact) mass is 378 g/mol. The van der Waals surface area contributed by atoms with Crippen molar-refractivity contribution in [2.45, 2.75) is 20.8 Å². The van der Waals surface area contributed by atoms with Crippen LogP contribution in [0.25, 0.3) is 6.08 Å². The summed E-state index contributed by atoms with van der Waals surface area (Å²) in [4.78, 5) is 37.5. The molecule has 1 aromatic carbocycles. The molecule has 0 saturated carbocycles. The molecule has 1 aliphatic rings. The Morgan fingerprint density at radius 2 is 2.12 bits per heavy atom. The van der Waals surface area contributed by atoms with Gasteiger partial charge >= 0.3 is 0 Å². The highest BCUT2D eigenvalue weighted by molar-refractivity contribution is 8.18. The summed E-state index contributed by atoms with van der Waals surface area (Å²) in [6.07, 6.45) is 1.54. The number of amides is 3. The average molecular weight is 378 g/mol. The van der Waals surface area contributed by atoms with E-state index in [0.717, 1.165) is 16.7 Å². The van der Waals surface area contributed by atoms with Gasteiger partial charge in [0, 0.05) is 6.54 Å². The molecule has 1 aliphatic heterocycles. The van der Waals surface area contributed by atoms with Crippen molar-refractivity contribution in [1.29, 1.82) is 0 Å². The maximum atomic E-state index is 12.4. The maximum Gasteiger partial charge on any atom is 0.294 e. The lowest BCUT2D eigenvalue weighted by molar-refractivity contribution is -0.129. The van der Waals surface area contributed by atoms with Crippen LogP contribution < -0.4 is 10.1 Å². The van der Waals surface area contributed by atoms with Gasteiger partial charge in [-0.15, -0.1) is 0 Å². The lowest BCUT2D eigenvalue weighted by Crippen LogP contribution is -2.40. The van der Waals surface area contributed by atoms with E-state index >= 15 is 0 Å². The molecule has 0 aliphatic carbocycles. The van der Waals surface area contributed by atoms with Crippen LogP contribution >= 0.6 is 11.8 Å². The van der Waals surface area contributed by atoms with E-state index in [-0.39, 0.29) is 29.0 Å². The third-order valence-corrected chi connectivity index (χ3v) is 4.37. The highest BCUT2D eigenvalue weighted by Crippen LogP contribution is 2.34. The molecular formula is C18H22N2O5S. The highest BCUT2D eigenvalue weighted by Gasteiger charge is 2.36. The van der Waals surface area contributed by atoms with E-state index in [0.29, 0.717) is 24.5 Å². The number of carbonyl (C=O) groups excluding carboxylic acids is 3. The molecule has 0 radical (unpaired) electrons. The summed E-state index contributed by atoms with van der Waals surface area (Å²) in [5.41, 5.74) is 0.612. The first kappa shape index (κ1) is 19.8. The standard InChI is InChI=1S/C18H22N2O5S/c1-4-25-14-7-12(5-6-13(14)21)8-15-17(23)20(18(24)26-15)10-16(22)19-9-11(2)3/h5-8,11,21H,4,9-10H2,1-3H3,(H,19,22)/b15-8-. The number of aromatic hydroxyl groups is 1. The number of nitrogens with one attached hydrogen (secondary N) is 1. The van der Waals surface area contributed by atoms with Crippen molar-refractivity contribution < 1.29 is 24.2 Å². The Kier molecular flexibility index (Phi) is 6.68. The van der Waals surface area contributed by atoms with E-state index in [2.05, 4.69) is 5.32 Å². The molecule has 0 unspecified atom stereocenters. The smallest absolute Gasteiger partial charge is 0.294 e. The molecule has 2 N–H and O–H groups in total. The van der Waals surface area contributed by atoms with E-state index in [4.69, 9.17) is 4.74 Å². The van der Waals surface area contributed by atoms with Crippen LogP contribution in [0.3, 0.4) is 0 Å². The molecule has 7 nitrogen and oxygen atoms in total. The number of hydrogen-bond acceptors (Lipinski definition) is 6. The Hall–Kier alpha value is -2.48. The Labute approximate surface area is 156 Å². The molecule has 0 bridgehead atoms. The fourth-order valence-corrected chi connectivity index (χ4v) is 3.04. The number of phenolic OH excluding ortho intramolecular Hbond substituents is 1. The topological polar surface area (TPSA) is 95.9 Å². The van der Waals surface area contributed by atoms with Crippen LogP contribution in [0.4, 0.5) is 4.79 Å². The van der Waals surface area contributed by atoms with Crippen molar-refractivity contribution >= 4 is 34.9 Å². The van der Waals surface area contributed by atoms with Gasteiger partial charge in [0.2, 0.25) is 5.91 Å². The van der Waals surface area contributed by atoms with Crippen molar-refractivity contribution in [2.24, 2.45) is 5.92 Å². The van der Waals surface area contributed by atoms with E-state index in [1.165, 1.54) is 6.07 Å². The van der Waals surface area contributed by atoms with Gasteiger partial charge in [0.25, 0.3) is 11.1 Å². The average Bonchev–Trinajstić information content (AvgIpc) is 2.84. The quantitative estimate of drug-likeness (QED) is 0.708. The van der Waals surface area contributed by atoms with Gasteiger partial charge in [-0.1, -0.05) is 19.9 Å². The lowest BCUT2D eigenvalue weighted by Gasteiger charge is -2.13. The number of ether oxygens (including phenoxy) is 1. The first-order valence-electron chi connectivity index (χ1n) is 8.29. The Morgan fingerprint density at radius 1 is 1.38 bits per heavy atom. The Morgan fingerprint density at radius 3 is 2.77 bits per heavy atom. The number of nitrogens with zero attached hydrogens (tertiary/aromatic N) is 1. The second-order valence-electron chi connectivity index (χ2n) is 6.13. The molecule has 0 aromatic heterocycles. The summed E-state index contributed by atoms with van der Waals surface area (Å²) < 4.78 is 5.31. The third-order valence-electron chi connectivity index (χ3n) is 3.46. The van der Waals surface area contributed by atoms with Crippen molar-refractivity contribution in [1.82, 2.24) is 10.2 Å². The first-order chi connectivity index (χ1) is 12.3. The number of carbonyl (C=O) groups is 3. The summed E-state index contributed by atoms with van der Waals surface area (Å²) >= 11 is 0.782. The van der Waals surface area contributed by atoms with Gasteiger partial charge in [-0.2, -0.15) is 0 Å². The SMILES string of the molecule is CCOc1cc(/C=C2\SC(=O)N(CC(=O)NCC(C)C)C2=O)ccc1O. The molecule has 1 heterocycles. The van der Waals surface area contributed by atoms with Gasteiger partial charge in [0.05, 0.1) is 11.5 Å². The minimum Gasteiger partial charge on any atom is -0.504 e. The van der Waals surface area contributed by atoms with Crippen LogP contribution in [0.5, 0.6) is 11.5 Å². The predicted octanol–water partition coefficient (Wildman–Crippen LogP) is 2.60. The second kappa shape index (κ2) is 8.75. The molecule has 1 aromatic rings. The summed E-state index contributed by atoms with van der Waals surface area (Å²) in [5, 5.41) is 11.9. The molecule has 0 spiro atoms. The summed E-state index contributed by atoms with van der Waals surface area (Å²) in [7, 11) is 0. The fraction of sp³-hybridized carbons (Fsp3) is 0.389.